The Kier molecular flexibility index (Phi) is 7.32. The van der Waals surface area contributed by atoms with Crippen LogP contribution in [0.1, 0.15) is 31.2 Å². The van der Waals surface area contributed by atoms with Gasteiger partial charge in [0.2, 0.25) is 0 Å². The molecular formula is C19H28N4O2. The number of unbranched alkanes of at least 4 members (excludes halogenated alkanes) is 1. The number of nitrogens with zero attached hydrogens (tertiary/aromatic N) is 2. The summed E-state index contributed by atoms with van der Waals surface area (Å²) < 4.78 is 10.6. The number of hydrogen-bond donors (Lipinski definition) is 2. The third-order valence-corrected chi connectivity index (χ3v) is 3.84. The van der Waals surface area contributed by atoms with Crippen molar-refractivity contribution in [1.82, 2.24) is 9.97 Å². The maximum Gasteiger partial charge on any atom is 0.160 e. The van der Waals surface area contributed by atoms with Gasteiger partial charge in [-0.05, 0) is 37.5 Å². The molecule has 0 bridgehead atoms. The third-order valence-electron chi connectivity index (χ3n) is 3.84. The molecule has 1 heterocycles. The van der Waals surface area contributed by atoms with Crippen molar-refractivity contribution in [1.29, 1.82) is 0 Å². The zero-order valence-electron chi connectivity index (χ0n) is 15.6. The van der Waals surface area contributed by atoms with Gasteiger partial charge in [-0.1, -0.05) is 19.4 Å². The number of nitrogens with one attached hydrogen (secondary N) is 2. The van der Waals surface area contributed by atoms with Crippen molar-refractivity contribution in [3.05, 3.63) is 35.7 Å². The van der Waals surface area contributed by atoms with E-state index < -0.39 is 0 Å². The van der Waals surface area contributed by atoms with Crippen LogP contribution in [0.15, 0.2) is 24.3 Å². The predicted molar refractivity (Wildman–Crippen MR) is 102 cm³/mol. The van der Waals surface area contributed by atoms with E-state index in [0.717, 1.165) is 61.3 Å². The van der Waals surface area contributed by atoms with Gasteiger partial charge in [-0.25, -0.2) is 9.97 Å². The van der Waals surface area contributed by atoms with Gasteiger partial charge < -0.3 is 20.1 Å². The molecule has 25 heavy (non-hydrogen) atoms. The second-order valence-electron chi connectivity index (χ2n) is 5.83. The van der Waals surface area contributed by atoms with Crippen LogP contribution in [0, 0.1) is 6.92 Å². The number of ether oxygens (including phenoxy) is 2. The highest BCUT2D eigenvalue weighted by atomic mass is 16.5. The van der Waals surface area contributed by atoms with Crippen LogP contribution < -0.4 is 20.1 Å². The van der Waals surface area contributed by atoms with Gasteiger partial charge in [-0.3, -0.25) is 0 Å². The summed E-state index contributed by atoms with van der Waals surface area (Å²) in [5.41, 5.74) is 1.18. The third kappa shape index (κ3) is 5.81. The quantitative estimate of drug-likeness (QED) is 0.641. The molecule has 0 radical (unpaired) electrons. The molecule has 1 aromatic carbocycles. The van der Waals surface area contributed by atoms with Gasteiger partial charge in [0, 0.05) is 19.2 Å². The maximum atomic E-state index is 5.35. The molecular weight excluding hydrogens is 316 g/mol. The fraction of sp³-hybridized carbons (Fsp3) is 0.474. The van der Waals surface area contributed by atoms with Crippen LogP contribution in [-0.4, -0.2) is 37.3 Å². The molecule has 0 atom stereocenters. The first-order chi connectivity index (χ1) is 12.2. The van der Waals surface area contributed by atoms with Crippen LogP contribution in [-0.2, 0) is 6.42 Å². The Balaban J connectivity index is 1.92. The number of anilines is 2. The topological polar surface area (TPSA) is 68.3 Å². The minimum atomic E-state index is 0.744. The summed E-state index contributed by atoms with van der Waals surface area (Å²) in [5, 5.41) is 6.71. The molecule has 6 nitrogen and oxygen atoms in total. The van der Waals surface area contributed by atoms with Crippen LogP contribution >= 0.6 is 0 Å². The number of aryl methyl sites for hydroxylation is 1. The predicted octanol–water partition coefficient (Wildman–Crippen LogP) is 3.67. The molecule has 6 heteroatoms. The minimum Gasteiger partial charge on any atom is -0.493 e. The van der Waals surface area contributed by atoms with E-state index in [1.807, 2.05) is 31.2 Å². The van der Waals surface area contributed by atoms with Crippen LogP contribution in [0.4, 0.5) is 11.6 Å². The summed E-state index contributed by atoms with van der Waals surface area (Å²) in [6, 6.07) is 7.94. The van der Waals surface area contributed by atoms with E-state index in [1.54, 1.807) is 14.2 Å². The molecule has 0 saturated heterocycles. The minimum absolute atomic E-state index is 0.744. The molecule has 0 aliphatic carbocycles. The summed E-state index contributed by atoms with van der Waals surface area (Å²) in [6.45, 7) is 5.79. The smallest absolute Gasteiger partial charge is 0.160 e. The van der Waals surface area contributed by atoms with Gasteiger partial charge in [-0.15, -0.1) is 0 Å². The average Bonchev–Trinajstić information content (AvgIpc) is 2.61. The molecule has 136 valence electrons. The molecule has 0 fully saturated rings. The van der Waals surface area contributed by atoms with E-state index in [-0.39, 0.29) is 0 Å². The van der Waals surface area contributed by atoms with Crippen LogP contribution in [0.2, 0.25) is 0 Å². The van der Waals surface area contributed by atoms with Crippen molar-refractivity contribution < 1.29 is 9.47 Å². The molecule has 0 aliphatic rings. The molecule has 0 aliphatic heterocycles. The zero-order valence-corrected chi connectivity index (χ0v) is 15.6. The van der Waals surface area contributed by atoms with Crippen molar-refractivity contribution in [2.75, 3.05) is 37.9 Å². The van der Waals surface area contributed by atoms with E-state index in [4.69, 9.17) is 9.47 Å². The normalized spacial score (nSPS) is 10.4. The highest BCUT2D eigenvalue weighted by Gasteiger charge is 2.05. The van der Waals surface area contributed by atoms with Gasteiger partial charge in [0.15, 0.2) is 11.5 Å². The summed E-state index contributed by atoms with van der Waals surface area (Å²) in [4.78, 5) is 8.87. The molecule has 0 spiro atoms. The lowest BCUT2D eigenvalue weighted by molar-refractivity contribution is 0.354. The Bertz CT molecular complexity index is 676. The lowest BCUT2D eigenvalue weighted by Gasteiger charge is -2.11. The first-order valence-electron chi connectivity index (χ1n) is 8.70. The molecule has 0 unspecified atom stereocenters. The van der Waals surface area contributed by atoms with E-state index >= 15 is 0 Å². The monoisotopic (exact) mass is 344 g/mol. The SMILES string of the molecule is CCCCNc1cc(NCCc2ccc(OC)c(OC)c2)nc(C)n1. The van der Waals surface area contributed by atoms with E-state index in [0.29, 0.717) is 0 Å². The summed E-state index contributed by atoms with van der Waals surface area (Å²) in [6.07, 6.45) is 3.15. The highest BCUT2D eigenvalue weighted by molar-refractivity contribution is 5.48. The molecule has 1 aromatic heterocycles. The first kappa shape index (κ1) is 18.8. The summed E-state index contributed by atoms with van der Waals surface area (Å²) in [5.74, 6) is 3.96. The molecule has 0 amide bonds. The maximum absolute atomic E-state index is 5.35. The lowest BCUT2D eigenvalue weighted by Crippen LogP contribution is -2.10. The molecule has 2 rings (SSSR count). The number of methoxy groups -OCH3 is 2. The van der Waals surface area contributed by atoms with Crippen LogP contribution in [0.3, 0.4) is 0 Å². The van der Waals surface area contributed by atoms with Crippen molar-refractivity contribution in [2.24, 2.45) is 0 Å². The Morgan fingerprint density at radius 1 is 0.920 bits per heavy atom. The van der Waals surface area contributed by atoms with E-state index in [2.05, 4.69) is 27.5 Å². The average molecular weight is 344 g/mol. The number of benzene rings is 1. The van der Waals surface area contributed by atoms with Crippen molar-refractivity contribution in [3.63, 3.8) is 0 Å². The van der Waals surface area contributed by atoms with E-state index in [1.165, 1.54) is 5.56 Å². The van der Waals surface area contributed by atoms with Crippen LogP contribution in [0.5, 0.6) is 11.5 Å². The van der Waals surface area contributed by atoms with Gasteiger partial charge in [0.1, 0.15) is 17.5 Å². The van der Waals surface area contributed by atoms with Crippen molar-refractivity contribution in [3.8, 4) is 11.5 Å². The van der Waals surface area contributed by atoms with Crippen molar-refractivity contribution >= 4 is 11.6 Å². The standard InChI is InChI=1S/C19H28N4O2/c1-5-6-10-20-18-13-19(23-14(2)22-18)21-11-9-15-7-8-16(24-3)17(12-15)25-4/h7-8,12-13H,5-6,9-11H2,1-4H3,(H2,20,21,22,23). The molecule has 0 saturated carbocycles. The molecule has 2 aromatic rings. The number of hydrogen-bond acceptors (Lipinski definition) is 6. The van der Waals surface area contributed by atoms with E-state index in [9.17, 15) is 0 Å². The number of rotatable bonds is 10. The van der Waals surface area contributed by atoms with Gasteiger partial charge in [0.05, 0.1) is 14.2 Å². The largest absolute Gasteiger partial charge is 0.493 e. The Hall–Kier alpha value is -2.50. The lowest BCUT2D eigenvalue weighted by atomic mass is 10.1. The number of aromatic nitrogens is 2. The summed E-state index contributed by atoms with van der Waals surface area (Å²) in [7, 11) is 3.29. The Morgan fingerprint density at radius 2 is 1.60 bits per heavy atom. The van der Waals surface area contributed by atoms with Crippen molar-refractivity contribution in [2.45, 2.75) is 33.1 Å². The van der Waals surface area contributed by atoms with Gasteiger partial charge in [0.25, 0.3) is 0 Å². The first-order valence-corrected chi connectivity index (χ1v) is 8.70. The van der Waals surface area contributed by atoms with Gasteiger partial charge in [-0.2, -0.15) is 0 Å². The summed E-state index contributed by atoms with van der Waals surface area (Å²) >= 11 is 0. The second-order valence-corrected chi connectivity index (χ2v) is 5.83. The Labute approximate surface area is 150 Å². The Morgan fingerprint density at radius 3 is 2.24 bits per heavy atom. The van der Waals surface area contributed by atoms with Crippen LogP contribution in [0.25, 0.3) is 0 Å². The molecule has 2 N–H and O–H groups in total. The fourth-order valence-corrected chi connectivity index (χ4v) is 2.51. The highest BCUT2D eigenvalue weighted by Crippen LogP contribution is 2.27. The zero-order chi connectivity index (χ0) is 18.1. The van der Waals surface area contributed by atoms with Gasteiger partial charge >= 0.3 is 0 Å². The second kappa shape index (κ2) is 9.71. The fourth-order valence-electron chi connectivity index (χ4n) is 2.51.